The minimum Gasteiger partial charge on any atom is -0.497 e. The van der Waals surface area contributed by atoms with Crippen LogP contribution in [-0.2, 0) is 0 Å². The normalized spacial score (nSPS) is 12.2. The summed E-state index contributed by atoms with van der Waals surface area (Å²) >= 11 is 4.28. The van der Waals surface area contributed by atoms with Crippen LogP contribution in [0.25, 0.3) is 0 Å². The van der Waals surface area contributed by atoms with Gasteiger partial charge in [0, 0.05) is 12.0 Å². The summed E-state index contributed by atoms with van der Waals surface area (Å²) in [4.78, 5) is 0. The smallest absolute Gasteiger partial charge is 0.122 e. The fraction of sp³-hybridized carbons (Fsp3) is 0.500. The third-order valence-electron chi connectivity index (χ3n) is 2.36. The number of methoxy groups -OCH3 is 1. The molecule has 0 aliphatic rings. The standard InChI is InChI=1S/C12H18O2S/c1-3-10(9-15)8-14-12-6-4-5-11(7-12)13-2/h4-7,10,15H,3,8-9H2,1-2H3. The minimum absolute atomic E-state index is 0.513. The molecule has 84 valence electrons. The van der Waals surface area contributed by atoms with Crippen molar-refractivity contribution >= 4 is 12.6 Å². The Kier molecular flexibility index (Phi) is 5.40. The molecule has 1 aromatic rings. The number of thiol groups is 1. The molecule has 0 fully saturated rings. The molecule has 1 atom stereocenters. The predicted octanol–water partition coefficient (Wildman–Crippen LogP) is 3.03. The van der Waals surface area contributed by atoms with Crippen LogP contribution in [0, 0.1) is 5.92 Å². The van der Waals surface area contributed by atoms with E-state index in [0.29, 0.717) is 12.5 Å². The van der Waals surface area contributed by atoms with Gasteiger partial charge in [0.1, 0.15) is 11.5 Å². The van der Waals surface area contributed by atoms with Crippen LogP contribution < -0.4 is 9.47 Å². The Morgan fingerprint density at radius 1 is 1.33 bits per heavy atom. The van der Waals surface area contributed by atoms with Crippen molar-refractivity contribution in [2.45, 2.75) is 13.3 Å². The van der Waals surface area contributed by atoms with Crippen molar-refractivity contribution in [3.8, 4) is 11.5 Å². The van der Waals surface area contributed by atoms with Crippen LogP contribution in [0.1, 0.15) is 13.3 Å². The summed E-state index contributed by atoms with van der Waals surface area (Å²) in [6, 6.07) is 7.66. The number of hydrogen-bond acceptors (Lipinski definition) is 3. The molecule has 15 heavy (non-hydrogen) atoms. The number of rotatable bonds is 6. The van der Waals surface area contributed by atoms with Gasteiger partial charge in [0.2, 0.25) is 0 Å². The van der Waals surface area contributed by atoms with Crippen molar-refractivity contribution in [1.29, 1.82) is 0 Å². The van der Waals surface area contributed by atoms with Crippen LogP contribution >= 0.6 is 12.6 Å². The summed E-state index contributed by atoms with van der Waals surface area (Å²) in [6.07, 6.45) is 1.09. The van der Waals surface area contributed by atoms with Crippen LogP contribution in [-0.4, -0.2) is 19.5 Å². The summed E-state index contributed by atoms with van der Waals surface area (Å²) in [6.45, 7) is 2.86. The van der Waals surface area contributed by atoms with E-state index in [1.807, 2.05) is 24.3 Å². The Morgan fingerprint density at radius 3 is 2.67 bits per heavy atom. The van der Waals surface area contributed by atoms with Gasteiger partial charge in [0.05, 0.1) is 13.7 Å². The molecule has 2 nitrogen and oxygen atoms in total. The van der Waals surface area contributed by atoms with Crippen molar-refractivity contribution < 1.29 is 9.47 Å². The maximum Gasteiger partial charge on any atom is 0.122 e. The zero-order chi connectivity index (χ0) is 11.1. The summed E-state index contributed by atoms with van der Waals surface area (Å²) in [7, 11) is 1.65. The van der Waals surface area contributed by atoms with E-state index in [0.717, 1.165) is 23.7 Å². The summed E-state index contributed by atoms with van der Waals surface area (Å²) < 4.78 is 10.8. The third-order valence-corrected chi connectivity index (χ3v) is 2.88. The molecule has 3 heteroatoms. The lowest BCUT2D eigenvalue weighted by Crippen LogP contribution is -2.12. The Bertz CT molecular complexity index is 285. The number of ether oxygens (including phenoxy) is 2. The minimum atomic E-state index is 0.513. The average molecular weight is 226 g/mol. The van der Waals surface area contributed by atoms with Gasteiger partial charge < -0.3 is 9.47 Å². The van der Waals surface area contributed by atoms with Crippen molar-refractivity contribution in [1.82, 2.24) is 0 Å². The highest BCUT2D eigenvalue weighted by Crippen LogP contribution is 2.19. The first-order chi connectivity index (χ1) is 7.30. The van der Waals surface area contributed by atoms with Gasteiger partial charge in [-0.05, 0) is 24.3 Å². The van der Waals surface area contributed by atoms with Crippen LogP contribution in [0.3, 0.4) is 0 Å². The van der Waals surface area contributed by atoms with Crippen molar-refractivity contribution in [2.24, 2.45) is 5.92 Å². The molecular formula is C12H18O2S. The molecule has 0 aromatic heterocycles. The molecule has 0 bridgehead atoms. The second-order valence-corrected chi connectivity index (χ2v) is 3.81. The number of benzene rings is 1. The molecule has 0 radical (unpaired) electrons. The summed E-state index contributed by atoms with van der Waals surface area (Å²) in [5.41, 5.74) is 0. The first-order valence-electron chi connectivity index (χ1n) is 5.17. The molecule has 0 aliphatic carbocycles. The fourth-order valence-corrected chi connectivity index (χ4v) is 1.57. The van der Waals surface area contributed by atoms with Gasteiger partial charge in [-0.15, -0.1) is 0 Å². The maximum absolute atomic E-state index is 5.66. The van der Waals surface area contributed by atoms with E-state index in [1.54, 1.807) is 7.11 Å². The van der Waals surface area contributed by atoms with Crippen LogP contribution in [0.5, 0.6) is 11.5 Å². The predicted molar refractivity (Wildman–Crippen MR) is 66.1 cm³/mol. The maximum atomic E-state index is 5.66. The topological polar surface area (TPSA) is 18.5 Å². The third kappa shape index (κ3) is 4.04. The molecule has 0 aliphatic heterocycles. The zero-order valence-corrected chi connectivity index (χ0v) is 10.2. The number of hydrogen-bond donors (Lipinski definition) is 1. The van der Waals surface area contributed by atoms with Crippen molar-refractivity contribution in [2.75, 3.05) is 19.5 Å². The van der Waals surface area contributed by atoms with E-state index >= 15 is 0 Å². The lowest BCUT2D eigenvalue weighted by atomic mass is 10.1. The quantitative estimate of drug-likeness (QED) is 0.752. The van der Waals surface area contributed by atoms with Crippen molar-refractivity contribution in [3.05, 3.63) is 24.3 Å². The highest BCUT2D eigenvalue weighted by Gasteiger charge is 2.05. The molecule has 0 N–H and O–H groups in total. The van der Waals surface area contributed by atoms with Gasteiger partial charge in [0.15, 0.2) is 0 Å². The molecule has 0 saturated carbocycles. The van der Waals surface area contributed by atoms with Gasteiger partial charge in [-0.1, -0.05) is 13.0 Å². The summed E-state index contributed by atoms with van der Waals surface area (Å²) in [5.74, 6) is 3.06. The van der Waals surface area contributed by atoms with Gasteiger partial charge >= 0.3 is 0 Å². The average Bonchev–Trinajstić information content (AvgIpc) is 2.31. The van der Waals surface area contributed by atoms with Crippen LogP contribution in [0.4, 0.5) is 0 Å². The lowest BCUT2D eigenvalue weighted by Gasteiger charge is -2.13. The monoisotopic (exact) mass is 226 g/mol. The fourth-order valence-electron chi connectivity index (χ4n) is 1.20. The molecule has 0 heterocycles. The largest absolute Gasteiger partial charge is 0.497 e. The molecule has 1 unspecified atom stereocenters. The molecule has 1 aromatic carbocycles. The van der Waals surface area contributed by atoms with Gasteiger partial charge in [-0.2, -0.15) is 12.6 Å². The van der Waals surface area contributed by atoms with Gasteiger partial charge in [-0.3, -0.25) is 0 Å². The Balaban J connectivity index is 2.49. The summed E-state index contributed by atoms with van der Waals surface area (Å²) in [5, 5.41) is 0. The van der Waals surface area contributed by atoms with E-state index in [9.17, 15) is 0 Å². The van der Waals surface area contributed by atoms with E-state index in [-0.39, 0.29) is 0 Å². The lowest BCUT2D eigenvalue weighted by molar-refractivity contribution is 0.258. The Morgan fingerprint density at radius 2 is 2.07 bits per heavy atom. The van der Waals surface area contributed by atoms with E-state index in [1.165, 1.54) is 0 Å². The second kappa shape index (κ2) is 6.62. The Hall–Kier alpha value is -0.830. The first kappa shape index (κ1) is 12.2. The SMILES string of the molecule is CCC(CS)COc1cccc(OC)c1. The van der Waals surface area contributed by atoms with Crippen LogP contribution in [0.15, 0.2) is 24.3 Å². The highest BCUT2D eigenvalue weighted by molar-refractivity contribution is 7.80. The highest BCUT2D eigenvalue weighted by atomic mass is 32.1. The van der Waals surface area contributed by atoms with Crippen molar-refractivity contribution in [3.63, 3.8) is 0 Å². The van der Waals surface area contributed by atoms with Gasteiger partial charge in [0.25, 0.3) is 0 Å². The van der Waals surface area contributed by atoms with E-state index < -0.39 is 0 Å². The van der Waals surface area contributed by atoms with E-state index in [4.69, 9.17) is 9.47 Å². The molecule has 0 saturated heterocycles. The van der Waals surface area contributed by atoms with Crippen LogP contribution in [0.2, 0.25) is 0 Å². The van der Waals surface area contributed by atoms with E-state index in [2.05, 4.69) is 19.6 Å². The molecule has 0 spiro atoms. The molecule has 1 rings (SSSR count). The molecule has 0 amide bonds. The Labute approximate surface area is 97.0 Å². The first-order valence-corrected chi connectivity index (χ1v) is 5.81. The van der Waals surface area contributed by atoms with Gasteiger partial charge in [-0.25, -0.2) is 0 Å². The zero-order valence-electron chi connectivity index (χ0n) is 9.27. The molecular weight excluding hydrogens is 208 g/mol. The second-order valence-electron chi connectivity index (χ2n) is 3.45.